The summed E-state index contributed by atoms with van der Waals surface area (Å²) in [5.74, 6) is 0. The maximum atomic E-state index is 5.19. The van der Waals surface area contributed by atoms with E-state index in [-0.39, 0.29) is 0 Å². The highest BCUT2D eigenvalue weighted by molar-refractivity contribution is 6.36. The van der Waals surface area contributed by atoms with Crippen LogP contribution in [0.1, 0.15) is 6.92 Å². The smallest absolute Gasteiger partial charge is 0.0262 e. The zero-order valence-corrected chi connectivity index (χ0v) is 4.35. The number of halogens is 2. The number of rotatable bonds is 0. The van der Waals surface area contributed by atoms with Crippen LogP contribution in [0.15, 0.2) is 10.6 Å². The van der Waals surface area contributed by atoms with Gasteiger partial charge in [0.15, 0.2) is 0 Å². The molecule has 0 amide bonds. The average molecular weight is 111 g/mol. The van der Waals surface area contributed by atoms with Gasteiger partial charge >= 0.3 is 0 Å². The zero-order chi connectivity index (χ0) is 4.28. The first-order valence-corrected chi connectivity index (χ1v) is 2.01. The Bertz CT molecular complexity index is 42.9. The Kier molecular flexibility index (Phi) is 2.71. The molecule has 2 heteroatoms. The highest BCUT2D eigenvalue weighted by Crippen LogP contribution is 1.97. The van der Waals surface area contributed by atoms with E-state index >= 15 is 0 Å². The summed E-state index contributed by atoms with van der Waals surface area (Å²) in [5, 5.41) is 0.617. The fourth-order valence-electron chi connectivity index (χ4n) is 0. The van der Waals surface area contributed by atoms with Gasteiger partial charge in [-0.25, -0.2) is 0 Å². The minimum Gasteiger partial charge on any atom is -0.0917 e. The van der Waals surface area contributed by atoms with Crippen molar-refractivity contribution in [2.75, 3.05) is 0 Å². The largest absolute Gasteiger partial charge is 0.0917 e. The Labute approximate surface area is 41.4 Å². The molecule has 0 N–H and O–H groups in total. The van der Waals surface area contributed by atoms with Gasteiger partial charge in [-0.2, -0.15) is 0 Å². The lowest BCUT2D eigenvalue weighted by Crippen LogP contribution is -1.42. The molecule has 0 spiro atoms. The molecule has 0 unspecified atom stereocenters. The molecule has 5 heavy (non-hydrogen) atoms. The van der Waals surface area contributed by atoms with Crippen LogP contribution in [0, 0.1) is 0 Å². The summed E-state index contributed by atoms with van der Waals surface area (Å²) in [6, 6.07) is 0. The summed E-state index contributed by atoms with van der Waals surface area (Å²) in [6.07, 6.45) is 0. The third-order valence-electron chi connectivity index (χ3n) is 0.150. The average Bonchev–Trinajstić information content (AvgIpc) is 1.38. The molecule has 0 saturated carbocycles. The van der Waals surface area contributed by atoms with E-state index in [4.69, 9.17) is 23.2 Å². The van der Waals surface area contributed by atoms with Crippen LogP contribution in [-0.4, -0.2) is 0 Å². The molecule has 0 aromatic rings. The van der Waals surface area contributed by atoms with Gasteiger partial charge in [0.05, 0.1) is 0 Å². The number of hydrogen-bond acceptors (Lipinski definition) is 0. The van der Waals surface area contributed by atoms with Crippen LogP contribution in [0.5, 0.6) is 0 Å². The van der Waals surface area contributed by atoms with Crippen molar-refractivity contribution in [3.05, 3.63) is 10.6 Å². The van der Waals surface area contributed by atoms with E-state index in [9.17, 15) is 0 Å². The molecular formula is C3H4Cl2. The second kappa shape index (κ2) is 2.55. The van der Waals surface area contributed by atoms with Crippen LogP contribution in [0.25, 0.3) is 0 Å². The molecule has 0 fully saturated rings. The fraction of sp³-hybridized carbons (Fsp3) is 0.333. The van der Waals surface area contributed by atoms with E-state index in [1.807, 2.05) is 0 Å². The van der Waals surface area contributed by atoms with Gasteiger partial charge in [-0.15, -0.1) is 0 Å². The molecule has 0 aliphatic rings. The zero-order valence-electron chi connectivity index (χ0n) is 2.83. The number of hydrogen-bond donors (Lipinski definition) is 0. The van der Waals surface area contributed by atoms with Gasteiger partial charge in [-0.1, -0.05) is 23.2 Å². The van der Waals surface area contributed by atoms with E-state index in [1.165, 1.54) is 5.54 Å². The standard InChI is InChI=1S/C3H4Cl2/c1-3(5)2-4/h2H,1H3/b3-2+. The van der Waals surface area contributed by atoms with E-state index in [0.29, 0.717) is 5.03 Å². The third kappa shape index (κ3) is 4.32. The summed E-state index contributed by atoms with van der Waals surface area (Å²) in [6.45, 7) is 1.72. The summed E-state index contributed by atoms with van der Waals surface area (Å²) in [7, 11) is 0. The minimum absolute atomic E-state index is 0.617. The van der Waals surface area contributed by atoms with Crippen LogP contribution in [-0.2, 0) is 0 Å². The van der Waals surface area contributed by atoms with Gasteiger partial charge < -0.3 is 0 Å². The van der Waals surface area contributed by atoms with Crippen molar-refractivity contribution in [2.24, 2.45) is 0 Å². The predicted molar refractivity (Wildman–Crippen MR) is 25.5 cm³/mol. The van der Waals surface area contributed by atoms with Crippen LogP contribution in [0.2, 0.25) is 0 Å². The lowest BCUT2D eigenvalue weighted by atomic mass is 10.8. The molecule has 0 atom stereocenters. The van der Waals surface area contributed by atoms with Gasteiger partial charge in [0.25, 0.3) is 0 Å². The van der Waals surface area contributed by atoms with E-state index in [1.54, 1.807) is 6.92 Å². The van der Waals surface area contributed by atoms with Gasteiger partial charge in [-0.3, -0.25) is 0 Å². The summed E-state index contributed by atoms with van der Waals surface area (Å²) < 4.78 is 0. The predicted octanol–water partition coefficient (Wildman–Crippen LogP) is 2.33. The molecule has 0 aliphatic carbocycles. The molecule has 0 aromatic carbocycles. The first-order chi connectivity index (χ1) is 2.27. The first-order valence-electron chi connectivity index (χ1n) is 1.20. The second-order valence-electron chi connectivity index (χ2n) is 0.696. The van der Waals surface area contributed by atoms with Crippen molar-refractivity contribution in [1.82, 2.24) is 0 Å². The summed E-state index contributed by atoms with van der Waals surface area (Å²) >= 11 is 10.2. The van der Waals surface area contributed by atoms with Crippen molar-refractivity contribution in [3.63, 3.8) is 0 Å². The fourth-order valence-corrected chi connectivity index (χ4v) is 0. The lowest BCUT2D eigenvalue weighted by molar-refractivity contribution is 1.70. The summed E-state index contributed by atoms with van der Waals surface area (Å²) in [5.41, 5.74) is 1.32. The van der Waals surface area contributed by atoms with E-state index in [0.717, 1.165) is 0 Å². The Morgan fingerprint density at radius 1 is 1.80 bits per heavy atom. The van der Waals surface area contributed by atoms with Gasteiger partial charge in [0, 0.05) is 10.6 Å². The van der Waals surface area contributed by atoms with Crippen molar-refractivity contribution in [2.45, 2.75) is 6.92 Å². The molecule has 0 aromatic heterocycles. The second-order valence-corrected chi connectivity index (χ2v) is 1.51. The Hall–Kier alpha value is 0.320. The Morgan fingerprint density at radius 2 is 2.00 bits per heavy atom. The highest BCUT2D eigenvalue weighted by Gasteiger charge is 1.66. The molecule has 0 nitrogen and oxygen atoms in total. The molecule has 0 radical (unpaired) electrons. The quantitative estimate of drug-likeness (QED) is 0.450. The van der Waals surface area contributed by atoms with E-state index < -0.39 is 0 Å². The summed E-state index contributed by atoms with van der Waals surface area (Å²) in [4.78, 5) is 0. The van der Waals surface area contributed by atoms with Gasteiger partial charge in [0.2, 0.25) is 0 Å². The van der Waals surface area contributed by atoms with Crippen LogP contribution < -0.4 is 0 Å². The maximum absolute atomic E-state index is 5.19. The van der Waals surface area contributed by atoms with Crippen LogP contribution in [0.4, 0.5) is 0 Å². The Morgan fingerprint density at radius 3 is 2.00 bits per heavy atom. The third-order valence-corrected chi connectivity index (χ3v) is 0.698. The minimum atomic E-state index is 0.617. The Balaban J connectivity index is 3.14. The first kappa shape index (κ1) is 5.32. The highest BCUT2D eigenvalue weighted by atomic mass is 35.5. The molecular weight excluding hydrogens is 107 g/mol. The SMILES string of the molecule is C/C(Cl)=C\Cl. The van der Waals surface area contributed by atoms with Gasteiger partial charge in [-0.05, 0) is 6.92 Å². The van der Waals surface area contributed by atoms with Crippen LogP contribution >= 0.6 is 23.2 Å². The molecule has 0 rings (SSSR count). The van der Waals surface area contributed by atoms with Crippen molar-refractivity contribution in [3.8, 4) is 0 Å². The van der Waals surface area contributed by atoms with Gasteiger partial charge in [0.1, 0.15) is 0 Å². The lowest BCUT2D eigenvalue weighted by Gasteiger charge is -1.68. The molecule has 0 bridgehead atoms. The van der Waals surface area contributed by atoms with Crippen molar-refractivity contribution in [1.29, 1.82) is 0 Å². The maximum Gasteiger partial charge on any atom is 0.0262 e. The topological polar surface area (TPSA) is 0 Å². The molecule has 0 saturated heterocycles. The monoisotopic (exact) mass is 110 g/mol. The number of allylic oxidation sites excluding steroid dienone is 1. The molecule has 0 heterocycles. The molecule has 0 aliphatic heterocycles. The van der Waals surface area contributed by atoms with Crippen molar-refractivity contribution < 1.29 is 0 Å². The molecule has 30 valence electrons. The van der Waals surface area contributed by atoms with Crippen molar-refractivity contribution >= 4 is 23.2 Å². The van der Waals surface area contributed by atoms with Crippen LogP contribution in [0.3, 0.4) is 0 Å². The normalized spacial score (nSPS) is 12.2. The van der Waals surface area contributed by atoms with E-state index in [2.05, 4.69) is 0 Å².